The zero-order valence-corrected chi connectivity index (χ0v) is 23.6. The molecular formula is C32H36ClNS. The van der Waals surface area contributed by atoms with E-state index in [0.29, 0.717) is 0 Å². The second-order valence-electron chi connectivity index (χ2n) is 12.4. The van der Waals surface area contributed by atoms with E-state index in [1.165, 1.54) is 45.3 Å². The molecule has 0 spiro atoms. The highest BCUT2D eigenvalue weighted by Gasteiger charge is 2.37. The summed E-state index contributed by atoms with van der Waals surface area (Å²) in [5, 5.41) is 4.38. The van der Waals surface area contributed by atoms with Gasteiger partial charge in [0.1, 0.15) is 0 Å². The van der Waals surface area contributed by atoms with Crippen molar-refractivity contribution in [2.75, 3.05) is 4.90 Å². The maximum absolute atomic E-state index is 6.48. The van der Waals surface area contributed by atoms with Crippen LogP contribution in [0, 0.1) is 0 Å². The summed E-state index contributed by atoms with van der Waals surface area (Å²) in [6.45, 7) is 16.4. The first kappa shape index (κ1) is 24.4. The van der Waals surface area contributed by atoms with Gasteiger partial charge in [-0.15, -0.1) is 11.3 Å². The molecule has 0 fully saturated rings. The Balaban J connectivity index is 1.73. The molecule has 0 saturated heterocycles. The molecule has 1 nitrogen and oxygen atoms in total. The van der Waals surface area contributed by atoms with E-state index < -0.39 is 0 Å². The molecule has 1 aromatic heterocycles. The fraction of sp³-hybridized carbons (Fsp3) is 0.375. The van der Waals surface area contributed by atoms with Crippen LogP contribution in [-0.4, -0.2) is 0 Å². The first-order valence-corrected chi connectivity index (χ1v) is 13.9. The van der Waals surface area contributed by atoms with E-state index in [-0.39, 0.29) is 16.2 Å². The Hall–Kier alpha value is -2.29. The zero-order valence-electron chi connectivity index (χ0n) is 22.0. The fourth-order valence-corrected chi connectivity index (χ4v) is 6.53. The van der Waals surface area contributed by atoms with Gasteiger partial charge < -0.3 is 4.90 Å². The van der Waals surface area contributed by atoms with Crippen LogP contribution < -0.4 is 4.90 Å². The number of halogens is 1. The molecule has 0 N–H and O–H groups in total. The summed E-state index contributed by atoms with van der Waals surface area (Å²) >= 11 is 8.32. The normalized spacial score (nSPS) is 16.8. The molecule has 0 radical (unpaired) electrons. The minimum absolute atomic E-state index is 0.117. The molecule has 3 aromatic carbocycles. The number of hydrogen-bond acceptors (Lipinski definition) is 2. The van der Waals surface area contributed by atoms with Gasteiger partial charge in [0, 0.05) is 31.9 Å². The van der Waals surface area contributed by atoms with Crippen LogP contribution in [0.25, 0.3) is 10.1 Å². The molecule has 1 aliphatic carbocycles. The van der Waals surface area contributed by atoms with Crippen LogP contribution >= 0.6 is 22.9 Å². The van der Waals surface area contributed by atoms with Crippen molar-refractivity contribution in [3.05, 3.63) is 87.8 Å². The highest BCUT2D eigenvalue weighted by molar-refractivity contribution is 7.17. The molecule has 3 heteroatoms. The molecule has 0 saturated carbocycles. The third-order valence-electron chi connectivity index (χ3n) is 7.83. The van der Waals surface area contributed by atoms with Gasteiger partial charge in [0.2, 0.25) is 0 Å². The van der Waals surface area contributed by atoms with Gasteiger partial charge in [-0.2, -0.15) is 0 Å². The van der Waals surface area contributed by atoms with Crippen molar-refractivity contribution < 1.29 is 0 Å². The summed E-state index contributed by atoms with van der Waals surface area (Å²) in [5.74, 6) is 0. The maximum atomic E-state index is 6.48. The SMILES string of the molecule is CC(C)(C)c1ccc(N(c2cccc(Cl)c2)c2csc3cc4c(cc23)C(C)(C)CCC4(C)C)cc1. The molecular weight excluding hydrogens is 466 g/mol. The summed E-state index contributed by atoms with van der Waals surface area (Å²) in [6, 6.07) is 22.2. The highest BCUT2D eigenvalue weighted by atomic mass is 35.5. The zero-order chi connectivity index (χ0) is 25.2. The van der Waals surface area contributed by atoms with Crippen LogP contribution in [0.3, 0.4) is 0 Å². The number of anilines is 3. The second kappa shape index (κ2) is 8.39. The van der Waals surface area contributed by atoms with Gasteiger partial charge >= 0.3 is 0 Å². The Morgan fingerprint density at radius 1 is 0.800 bits per heavy atom. The Bertz CT molecular complexity index is 1390. The Kier molecular flexibility index (Phi) is 5.85. The molecule has 1 heterocycles. The number of hydrogen-bond donors (Lipinski definition) is 0. The minimum Gasteiger partial charge on any atom is -0.309 e. The largest absolute Gasteiger partial charge is 0.309 e. The highest BCUT2D eigenvalue weighted by Crippen LogP contribution is 2.50. The minimum atomic E-state index is 0.117. The predicted molar refractivity (Wildman–Crippen MR) is 156 cm³/mol. The first-order chi connectivity index (χ1) is 16.4. The molecule has 0 unspecified atom stereocenters. The van der Waals surface area contributed by atoms with Gasteiger partial charge in [0.05, 0.1) is 5.69 Å². The van der Waals surface area contributed by atoms with Crippen molar-refractivity contribution in [1.82, 2.24) is 0 Å². The summed E-state index contributed by atoms with van der Waals surface area (Å²) in [4.78, 5) is 2.37. The predicted octanol–water partition coefficient (Wildman–Crippen LogP) is 10.7. The van der Waals surface area contributed by atoms with E-state index in [0.717, 1.165) is 16.4 Å². The third-order valence-corrected chi connectivity index (χ3v) is 8.99. The molecule has 0 aliphatic heterocycles. The van der Waals surface area contributed by atoms with Crippen LogP contribution in [-0.2, 0) is 16.2 Å². The monoisotopic (exact) mass is 501 g/mol. The smallest absolute Gasteiger partial charge is 0.0647 e. The number of thiophene rings is 1. The van der Waals surface area contributed by atoms with Crippen molar-refractivity contribution in [1.29, 1.82) is 0 Å². The van der Waals surface area contributed by atoms with Crippen LogP contribution in [0.2, 0.25) is 5.02 Å². The Labute approximate surface area is 219 Å². The molecule has 182 valence electrons. The Morgan fingerprint density at radius 3 is 2.03 bits per heavy atom. The van der Waals surface area contributed by atoms with Crippen molar-refractivity contribution in [2.24, 2.45) is 0 Å². The lowest BCUT2D eigenvalue weighted by molar-refractivity contribution is 0.332. The van der Waals surface area contributed by atoms with Gasteiger partial charge in [0.15, 0.2) is 0 Å². The molecule has 0 bridgehead atoms. The van der Waals surface area contributed by atoms with E-state index in [9.17, 15) is 0 Å². The molecule has 0 atom stereocenters. The van der Waals surface area contributed by atoms with Gasteiger partial charge in [-0.3, -0.25) is 0 Å². The number of fused-ring (bicyclic) bond motifs is 2. The standard InChI is InChI=1S/C32H36ClNS/c1-30(2,3)21-11-13-23(14-12-21)34(24-10-8-9-22(33)17-24)28-20-35-29-19-27-26(18-25(28)29)31(4,5)15-16-32(27,6)7/h8-14,17-20H,15-16H2,1-7H3. The average Bonchev–Trinajstić information content (AvgIpc) is 3.19. The number of benzene rings is 3. The quantitative estimate of drug-likeness (QED) is 0.269. The van der Waals surface area contributed by atoms with Gasteiger partial charge in [-0.25, -0.2) is 0 Å². The fourth-order valence-electron chi connectivity index (χ4n) is 5.40. The van der Waals surface area contributed by atoms with Gasteiger partial charge in [0.25, 0.3) is 0 Å². The molecule has 4 aromatic rings. The van der Waals surface area contributed by atoms with Crippen LogP contribution in [0.4, 0.5) is 17.1 Å². The van der Waals surface area contributed by atoms with Crippen LogP contribution in [0.5, 0.6) is 0 Å². The van der Waals surface area contributed by atoms with Gasteiger partial charge in [-0.05, 0) is 88.2 Å². The van der Waals surface area contributed by atoms with E-state index in [1.54, 1.807) is 0 Å². The summed E-state index contributed by atoms with van der Waals surface area (Å²) in [7, 11) is 0. The topological polar surface area (TPSA) is 3.24 Å². The first-order valence-electron chi connectivity index (χ1n) is 12.6. The molecule has 35 heavy (non-hydrogen) atoms. The van der Waals surface area contributed by atoms with Crippen molar-refractivity contribution >= 4 is 50.1 Å². The Morgan fingerprint density at radius 2 is 1.43 bits per heavy atom. The maximum Gasteiger partial charge on any atom is 0.0647 e. The van der Waals surface area contributed by atoms with Crippen molar-refractivity contribution in [3.8, 4) is 0 Å². The molecule has 5 rings (SSSR count). The van der Waals surface area contributed by atoms with Crippen molar-refractivity contribution in [3.63, 3.8) is 0 Å². The summed E-state index contributed by atoms with van der Waals surface area (Å²) in [6.07, 6.45) is 2.44. The van der Waals surface area contributed by atoms with E-state index in [2.05, 4.69) is 107 Å². The molecule has 1 aliphatic rings. The van der Waals surface area contributed by atoms with E-state index in [1.807, 2.05) is 23.5 Å². The lowest BCUT2D eigenvalue weighted by Gasteiger charge is -2.42. The lowest BCUT2D eigenvalue weighted by Crippen LogP contribution is -2.33. The van der Waals surface area contributed by atoms with Crippen LogP contribution in [0.15, 0.2) is 66.0 Å². The number of rotatable bonds is 3. The average molecular weight is 502 g/mol. The summed E-state index contributed by atoms with van der Waals surface area (Å²) < 4.78 is 1.35. The lowest BCUT2D eigenvalue weighted by atomic mass is 9.63. The van der Waals surface area contributed by atoms with Crippen molar-refractivity contribution in [2.45, 2.75) is 77.6 Å². The molecule has 0 amide bonds. The van der Waals surface area contributed by atoms with Gasteiger partial charge in [-0.1, -0.05) is 78.3 Å². The summed E-state index contributed by atoms with van der Waals surface area (Å²) in [5.41, 5.74) is 8.29. The third kappa shape index (κ3) is 4.41. The second-order valence-corrected chi connectivity index (χ2v) is 13.7. The van der Waals surface area contributed by atoms with E-state index >= 15 is 0 Å². The van der Waals surface area contributed by atoms with E-state index in [4.69, 9.17) is 11.6 Å². The van der Waals surface area contributed by atoms with Crippen LogP contribution in [0.1, 0.15) is 78.0 Å². The number of nitrogens with zero attached hydrogens (tertiary/aromatic N) is 1.